The summed E-state index contributed by atoms with van der Waals surface area (Å²) in [5.41, 5.74) is 3.96. The van der Waals surface area contributed by atoms with Gasteiger partial charge in [-0.1, -0.05) is 121 Å². The van der Waals surface area contributed by atoms with Crippen molar-refractivity contribution in [1.29, 1.82) is 0 Å². The van der Waals surface area contributed by atoms with Gasteiger partial charge in [-0.2, -0.15) is 0 Å². The monoisotopic (exact) mass is 572 g/mol. The number of fused-ring (bicyclic) bond motifs is 5. The average Bonchev–Trinajstić information content (AvgIpc) is 2.97. The van der Waals surface area contributed by atoms with E-state index in [1.807, 2.05) is 131 Å². The Labute approximate surface area is 237 Å². The van der Waals surface area contributed by atoms with Gasteiger partial charge in [-0.3, -0.25) is 9.59 Å². The zero-order chi connectivity index (χ0) is 25.9. The first kappa shape index (κ1) is 25.5. The normalized spacial score (nSPS) is 19.6. The maximum absolute atomic E-state index is 14.5. The van der Waals surface area contributed by atoms with Crippen molar-refractivity contribution in [3.8, 4) is 0 Å². The summed E-state index contributed by atoms with van der Waals surface area (Å²) in [6.45, 7) is 0. The molecule has 2 unspecified atom stereocenters. The summed E-state index contributed by atoms with van der Waals surface area (Å²) in [7, 11) is 6.05. The summed E-state index contributed by atoms with van der Waals surface area (Å²) in [5, 5.41) is -1.34. The van der Waals surface area contributed by atoms with Crippen molar-refractivity contribution < 1.29 is 9.59 Å². The van der Waals surface area contributed by atoms with Crippen LogP contribution in [-0.2, 0) is 9.59 Å². The molecule has 3 heterocycles. The van der Waals surface area contributed by atoms with Crippen LogP contribution in [-0.4, -0.2) is 32.4 Å². The van der Waals surface area contributed by atoms with Crippen LogP contribution >= 0.6 is 41.2 Å². The Kier molecular flexibility index (Phi) is 7.74. The third kappa shape index (κ3) is 4.86. The third-order valence-corrected chi connectivity index (χ3v) is 13.3. The molecule has 3 aliphatic rings. The summed E-state index contributed by atoms with van der Waals surface area (Å²) in [5.74, 6) is -0.0936. The summed E-state index contributed by atoms with van der Waals surface area (Å²) < 4.78 is 0. The first-order chi connectivity index (χ1) is 18.7. The van der Waals surface area contributed by atoms with E-state index in [9.17, 15) is 9.59 Å². The highest BCUT2D eigenvalue weighted by atomic mass is 33.7. The number of hydrogen-bond donors (Lipinski definition) is 0. The molecule has 7 rings (SSSR count). The first-order valence-corrected chi connectivity index (χ1v) is 17.2. The molecule has 3 saturated heterocycles. The predicted molar refractivity (Wildman–Crippen MR) is 161 cm³/mol. The van der Waals surface area contributed by atoms with Crippen LogP contribution in [0.5, 0.6) is 0 Å². The Morgan fingerprint density at radius 2 is 0.711 bits per heavy atom. The molecule has 3 fully saturated rings. The van der Waals surface area contributed by atoms with Crippen LogP contribution in [0.15, 0.2) is 121 Å². The van der Waals surface area contributed by atoms with Gasteiger partial charge in [0.05, 0.1) is 12.1 Å². The highest BCUT2D eigenvalue weighted by Crippen LogP contribution is 2.56. The van der Waals surface area contributed by atoms with Gasteiger partial charge >= 0.3 is 0 Å². The molecule has 0 aromatic heterocycles. The Balaban J connectivity index is 1.48. The molecule has 3 aliphatic heterocycles. The summed E-state index contributed by atoms with van der Waals surface area (Å²) in [6, 6.07) is 39.3. The molecular weight excluding hydrogens is 549 g/mol. The van der Waals surface area contributed by atoms with Crippen molar-refractivity contribution in [2.45, 2.75) is 22.8 Å². The van der Waals surface area contributed by atoms with Gasteiger partial charge in [-0.15, -0.1) is 0 Å². The van der Waals surface area contributed by atoms with E-state index < -0.39 is 10.7 Å². The van der Waals surface area contributed by atoms with E-state index in [1.165, 1.54) is 21.6 Å². The Bertz CT molecular complexity index is 1210. The molecular formula is C30H24N2O2S4. The lowest BCUT2D eigenvalue weighted by atomic mass is 9.94. The zero-order valence-electron chi connectivity index (χ0n) is 20.2. The molecule has 2 bridgehead atoms. The lowest BCUT2D eigenvalue weighted by Crippen LogP contribution is -2.64. The van der Waals surface area contributed by atoms with Crippen molar-refractivity contribution >= 4 is 53.1 Å². The molecule has 0 saturated carbocycles. The van der Waals surface area contributed by atoms with Gasteiger partial charge in [0.25, 0.3) is 11.8 Å². The largest absolute Gasteiger partial charge is 0.307 e. The fraction of sp³-hybridized carbons (Fsp3) is 0.133. The topological polar surface area (TPSA) is 40.6 Å². The second-order valence-corrected chi connectivity index (χ2v) is 14.9. The maximum Gasteiger partial charge on any atom is 0.258 e. The van der Waals surface area contributed by atoms with Gasteiger partial charge in [0, 0.05) is 0 Å². The molecule has 0 radical (unpaired) electrons. The van der Waals surface area contributed by atoms with Gasteiger partial charge in [0.15, 0.2) is 10.7 Å². The fourth-order valence-corrected chi connectivity index (χ4v) is 11.7. The second-order valence-electron chi connectivity index (χ2n) is 8.97. The van der Waals surface area contributed by atoms with Crippen molar-refractivity contribution in [3.63, 3.8) is 0 Å². The highest BCUT2D eigenvalue weighted by molar-refractivity contribution is 9.26. The quantitative estimate of drug-likeness (QED) is 0.222. The molecule has 190 valence electrons. The molecule has 0 aliphatic carbocycles. The lowest BCUT2D eigenvalue weighted by molar-refractivity contribution is -0.156. The van der Waals surface area contributed by atoms with Crippen LogP contribution < -0.4 is 0 Å². The number of rotatable bonds is 6. The highest BCUT2D eigenvalue weighted by Gasteiger charge is 2.53. The third-order valence-electron chi connectivity index (χ3n) is 6.74. The van der Waals surface area contributed by atoms with E-state index in [-0.39, 0.29) is 23.9 Å². The van der Waals surface area contributed by atoms with Crippen LogP contribution in [0.4, 0.5) is 0 Å². The molecule has 4 aromatic rings. The second kappa shape index (κ2) is 11.5. The molecule has 38 heavy (non-hydrogen) atoms. The van der Waals surface area contributed by atoms with E-state index >= 15 is 0 Å². The van der Waals surface area contributed by atoms with E-state index in [2.05, 4.69) is 0 Å². The average molecular weight is 573 g/mol. The lowest BCUT2D eigenvalue weighted by Gasteiger charge is -2.50. The van der Waals surface area contributed by atoms with Crippen LogP contribution in [0.3, 0.4) is 0 Å². The van der Waals surface area contributed by atoms with Gasteiger partial charge in [0.1, 0.15) is 0 Å². The van der Waals surface area contributed by atoms with Crippen LogP contribution in [0, 0.1) is 0 Å². The minimum atomic E-state index is -0.669. The number of hydrogen-bond acceptors (Lipinski definition) is 6. The van der Waals surface area contributed by atoms with Gasteiger partial charge in [-0.05, 0) is 63.5 Å². The SMILES string of the molecule is O=C1C2SSSSC(C(=O)N2C(c2ccccc2)c2ccccc2)N1C(c1ccccc1)c1ccccc1. The van der Waals surface area contributed by atoms with Crippen molar-refractivity contribution in [3.05, 3.63) is 144 Å². The summed E-state index contributed by atoms with van der Waals surface area (Å²) in [4.78, 5) is 32.7. The number of carbonyl (C=O) groups is 2. The Hall–Kier alpha value is -2.78. The zero-order valence-corrected chi connectivity index (χ0v) is 23.5. The molecule has 2 amide bonds. The fourth-order valence-electron chi connectivity index (χ4n) is 5.10. The van der Waals surface area contributed by atoms with E-state index in [1.54, 1.807) is 19.7 Å². The van der Waals surface area contributed by atoms with Crippen LogP contribution in [0.2, 0.25) is 0 Å². The number of nitrogens with zero attached hydrogens (tertiary/aromatic N) is 2. The van der Waals surface area contributed by atoms with Crippen LogP contribution in [0.25, 0.3) is 0 Å². The van der Waals surface area contributed by atoms with E-state index in [0.717, 1.165) is 22.3 Å². The molecule has 0 N–H and O–H groups in total. The standard InChI is InChI=1S/C30H24N2O2S4/c33-27-30-32(26(23-17-9-3-10-18-23)24-19-11-4-12-20-24)28(34)29(35-37-38-36-30)31(27)25(21-13-5-1-6-14-21)22-15-7-2-8-16-22/h1-20,25-26,29-30H. The van der Waals surface area contributed by atoms with Gasteiger partial charge < -0.3 is 9.80 Å². The Morgan fingerprint density at radius 3 is 0.974 bits per heavy atom. The smallest absolute Gasteiger partial charge is 0.258 e. The van der Waals surface area contributed by atoms with Gasteiger partial charge in [-0.25, -0.2) is 0 Å². The van der Waals surface area contributed by atoms with Crippen molar-refractivity contribution in [1.82, 2.24) is 9.80 Å². The minimum Gasteiger partial charge on any atom is -0.307 e. The summed E-state index contributed by atoms with van der Waals surface area (Å²) in [6.07, 6.45) is 0. The van der Waals surface area contributed by atoms with Crippen molar-refractivity contribution in [2.75, 3.05) is 0 Å². The van der Waals surface area contributed by atoms with E-state index in [0.29, 0.717) is 0 Å². The first-order valence-electron chi connectivity index (χ1n) is 12.2. The molecule has 4 aromatic carbocycles. The molecule has 0 spiro atoms. The number of benzene rings is 4. The molecule has 8 heteroatoms. The number of amides is 2. The van der Waals surface area contributed by atoms with E-state index in [4.69, 9.17) is 0 Å². The Morgan fingerprint density at radius 1 is 0.447 bits per heavy atom. The molecule has 4 nitrogen and oxygen atoms in total. The molecule has 2 atom stereocenters. The van der Waals surface area contributed by atoms with Gasteiger partial charge in [0.2, 0.25) is 0 Å². The summed E-state index contributed by atoms with van der Waals surface area (Å²) >= 11 is 0. The number of carbonyl (C=O) groups excluding carboxylic acids is 2. The number of piperazine rings is 1. The minimum absolute atomic E-state index is 0.0468. The van der Waals surface area contributed by atoms with Crippen molar-refractivity contribution in [2.24, 2.45) is 0 Å². The maximum atomic E-state index is 14.5. The van der Waals surface area contributed by atoms with Crippen LogP contribution in [0.1, 0.15) is 34.3 Å². The predicted octanol–water partition coefficient (Wildman–Crippen LogP) is 7.58.